The zero-order chi connectivity index (χ0) is 15.2. The minimum Gasteiger partial charge on any atom is -0.371 e. The van der Waals surface area contributed by atoms with Crippen molar-refractivity contribution in [2.45, 2.75) is 56.3 Å². The van der Waals surface area contributed by atoms with Gasteiger partial charge in [0.1, 0.15) is 6.04 Å². The maximum Gasteiger partial charge on any atom is 0.247 e. The molecule has 4 atom stereocenters. The Bertz CT molecular complexity index is 538. The van der Waals surface area contributed by atoms with Gasteiger partial charge in [0.05, 0.1) is 12.2 Å². The van der Waals surface area contributed by atoms with E-state index in [4.69, 9.17) is 4.74 Å². The van der Waals surface area contributed by atoms with E-state index in [1.54, 1.807) is 10.9 Å². The molecule has 4 heterocycles. The van der Waals surface area contributed by atoms with Gasteiger partial charge >= 0.3 is 0 Å². The fraction of sp³-hybridized carbons (Fsp3) is 0.750. The lowest BCUT2D eigenvalue weighted by Gasteiger charge is -2.47. The zero-order valence-electron chi connectivity index (χ0n) is 13.5. The van der Waals surface area contributed by atoms with Crippen molar-refractivity contribution in [3.63, 3.8) is 0 Å². The Balaban J connectivity index is 0.00000156. The molecule has 2 bridgehead atoms. The molecule has 3 aliphatic rings. The number of morpholine rings is 1. The molecular formula is C16H25ClN4O2. The van der Waals surface area contributed by atoms with Gasteiger partial charge in [-0.15, -0.1) is 12.4 Å². The number of carbonyl (C=O) groups excluding carboxylic acids is 1. The van der Waals surface area contributed by atoms with Crippen LogP contribution >= 0.6 is 12.4 Å². The van der Waals surface area contributed by atoms with Crippen molar-refractivity contribution in [2.24, 2.45) is 0 Å². The van der Waals surface area contributed by atoms with Gasteiger partial charge in [-0.1, -0.05) is 0 Å². The largest absolute Gasteiger partial charge is 0.371 e. The summed E-state index contributed by atoms with van der Waals surface area (Å²) < 4.78 is 7.91. The Morgan fingerprint density at radius 3 is 2.78 bits per heavy atom. The number of nitrogens with one attached hydrogen (secondary N) is 1. The number of ether oxygens (including phenoxy) is 1. The molecule has 7 heteroatoms. The normalized spacial score (nSPS) is 34.2. The number of hydrogen-bond donors (Lipinski definition) is 1. The van der Waals surface area contributed by atoms with Crippen LogP contribution in [0.3, 0.4) is 0 Å². The van der Waals surface area contributed by atoms with Gasteiger partial charge < -0.3 is 15.0 Å². The fourth-order valence-corrected chi connectivity index (χ4v) is 4.37. The van der Waals surface area contributed by atoms with E-state index in [9.17, 15) is 4.79 Å². The molecule has 4 rings (SSSR count). The number of carbonyl (C=O) groups is 1. The van der Waals surface area contributed by atoms with Crippen LogP contribution in [0.5, 0.6) is 0 Å². The maximum atomic E-state index is 12.8. The first-order valence-corrected chi connectivity index (χ1v) is 8.33. The lowest BCUT2D eigenvalue weighted by atomic mass is 9.85. The second kappa shape index (κ2) is 6.42. The predicted octanol–water partition coefficient (Wildman–Crippen LogP) is 1.38. The average molecular weight is 341 g/mol. The third-order valence-electron chi connectivity index (χ3n) is 5.41. The van der Waals surface area contributed by atoms with Gasteiger partial charge in [-0.3, -0.25) is 9.48 Å². The van der Waals surface area contributed by atoms with E-state index in [0.717, 1.165) is 19.4 Å². The molecule has 1 N–H and O–H groups in total. The molecule has 1 aromatic rings. The van der Waals surface area contributed by atoms with Gasteiger partial charge in [0, 0.05) is 37.6 Å². The topological polar surface area (TPSA) is 59.4 Å². The third-order valence-corrected chi connectivity index (χ3v) is 5.41. The van der Waals surface area contributed by atoms with E-state index in [1.807, 2.05) is 24.1 Å². The predicted molar refractivity (Wildman–Crippen MR) is 88.6 cm³/mol. The molecule has 3 aliphatic heterocycles. The second-order valence-electron chi connectivity index (χ2n) is 7.00. The van der Waals surface area contributed by atoms with E-state index in [-0.39, 0.29) is 30.0 Å². The van der Waals surface area contributed by atoms with Crippen LogP contribution in [0.25, 0.3) is 0 Å². The Hall–Kier alpha value is -1.11. The van der Waals surface area contributed by atoms with Crippen molar-refractivity contribution in [3.8, 4) is 0 Å². The van der Waals surface area contributed by atoms with Gasteiger partial charge in [-0.2, -0.15) is 5.10 Å². The molecule has 6 nitrogen and oxygen atoms in total. The quantitative estimate of drug-likeness (QED) is 0.883. The summed E-state index contributed by atoms with van der Waals surface area (Å²) in [5, 5.41) is 7.85. The molecule has 0 radical (unpaired) electrons. The third kappa shape index (κ3) is 3.12. The van der Waals surface area contributed by atoms with Crippen molar-refractivity contribution in [2.75, 3.05) is 19.7 Å². The van der Waals surface area contributed by atoms with Gasteiger partial charge in [-0.25, -0.2) is 0 Å². The highest BCUT2D eigenvalue weighted by molar-refractivity contribution is 5.85. The molecule has 2 unspecified atom stereocenters. The van der Waals surface area contributed by atoms with Crippen LogP contribution in [0.4, 0.5) is 0 Å². The van der Waals surface area contributed by atoms with E-state index in [1.165, 1.54) is 12.8 Å². The number of halogens is 1. The molecular weight excluding hydrogens is 316 g/mol. The van der Waals surface area contributed by atoms with Gasteiger partial charge in [-0.05, 0) is 38.7 Å². The minimum absolute atomic E-state index is 0. The number of amides is 1. The van der Waals surface area contributed by atoms with Crippen LogP contribution in [-0.2, 0) is 9.53 Å². The summed E-state index contributed by atoms with van der Waals surface area (Å²) in [5.41, 5.74) is -0.130. The van der Waals surface area contributed by atoms with Crippen molar-refractivity contribution >= 4 is 18.3 Å². The summed E-state index contributed by atoms with van der Waals surface area (Å²) in [7, 11) is 0. The molecule has 3 saturated heterocycles. The van der Waals surface area contributed by atoms with Crippen LogP contribution in [-0.4, -0.2) is 58.0 Å². The van der Waals surface area contributed by atoms with E-state index < -0.39 is 0 Å². The van der Waals surface area contributed by atoms with Crippen molar-refractivity contribution < 1.29 is 9.53 Å². The van der Waals surface area contributed by atoms with Crippen LogP contribution in [0, 0.1) is 0 Å². The Labute approximate surface area is 143 Å². The number of nitrogens with zero attached hydrogens (tertiary/aromatic N) is 3. The molecule has 128 valence electrons. The number of hydrogen-bond acceptors (Lipinski definition) is 4. The number of piperidine rings is 1. The first-order valence-electron chi connectivity index (χ1n) is 8.33. The summed E-state index contributed by atoms with van der Waals surface area (Å²) in [4.78, 5) is 14.8. The minimum atomic E-state index is -0.247. The molecule has 0 saturated carbocycles. The molecule has 0 aromatic carbocycles. The highest BCUT2D eigenvalue weighted by Gasteiger charge is 2.47. The van der Waals surface area contributed by atoms with Crippen molar-refractivity contribution in [1.82, 2.24) is 20.0 Å². The van der Waals surface area contributed by atoms with Crippen LogP contribution in [0.1, 0.15) is 38.6 Å². The van der Waals surface area contributed by atoms with Gasteiger partial charge in [0.2, 0.25) is 5.91 Å². The smallest absolute Gasteiger partial charge is 0.247 e. The SMILES string of the molecule is CC(C(=O)N1CCOC2(C[C@H]3CC[C@@H](C2)N3)C1)n1cccn1.Cl. The number of fused-ring (bicyclic) bond motifs is 2. The summed E-state index contributed by atoms with van der Waals surface area (Å²) in [6, 6.07) is 2.74. The summed E-state index contributed by atoms with van der Waals surface area (Å²) in [6.45, 7) is 3.99. The first-order chi connectivity index (χ1) is 10.7. The molecule has 1 amide bonds. The first kappa shape index (κ1) is 16.7. The van der Waals surface area contributed by atoms with Gasteiger partial charge in [0.15, 0.2) is 0 Å². The average Bonchev–Trinajstić information content (AvgIpc) is 3.16. The number of rotatable bonds is 2. The summed E-state index contributed by atoms with van der Waals surface area (Å²) in [5.74, 6) is 0.150. The van der Waals surface area contributed by atoms with Crippen molar-refractivity contribution in [3.05, 3.63) is 18.5 Å². The maximum absolute atomic E-state index is 12.8. The van der Waals surface area contributed by atoms with Crippen LogP contribution in [0.15, 0.2) is 18.5 Å². The van der Waals surface area contributed by atoms with E-state index in [2.05, 4.69) is 10.4 Å². The second-order valence-corrected chi connectivity index (χ2v) is 7.00. The van der Waals surface area contributed by atoms with Crippen molar-refractivity contribution in [1.29, 1.82) is 0 Å². The van der Waals surface area contributed by atoms with E-state index >= 15 is 0 Å². The van der Waals surface area contributed by atoms with E-state index in [0.29, 0.717) is 25.2 Å². The van der Waals surface area contributed by atoms with Crippen LogP contribution < -0.4 is 5.32 Å². The standard InChI is InChI=1S/C16H24N4O2.ClH/c1-12(20-6-2-5-17-20)15(21)19-7-8-22-16(11-19)9-13-3-4-14(10-16)18-13;/h2,5-6,12-14,18H,3-4,7-11H2,1H3;1H/t12?,13-,14+,16?;. The summed E-state index contributed by atoms with van der Waals surface area (Å²) >= 11 is 0. The highest BCUT2D eigenvalue weighted by Crippen LogP contribution is 2.38. The molecule has 3 fully saturated rings. The lowest BCUT2D eigenvalue weighted by molar-refractivity contribution is -0.160. The number of aromatic nitrogens is 2. The molecule has 1 spiro atoms. The van der Waals surface area contributed by atoms with Crippen LogP contribution in [0.2, 0.25) is 0 Å². The Morgan fingerprint density at radius 2 is 2.13 bits per heavy atom. The van der Waals surface area contributed by atoms with Gasteiger partial charge in [0.25, 0.3) is 0 Å². The Kier molecular flexibility index (Phi) is 4.67. The monoisotopic (exact) mass is 340 g/mol. The molecule has 23 heavy (non-hydrogen) atoms. The fourth-order valence-electron chi connectivity index (χ4n) is 4.37. The Morgan fingerprint density at radius 1 is 1.39 bits per heavy atom. The molecule has 1 aromatic heterocycles. The molecule has 0 aliphatic carbocycles. The zero-order valence-corrected chi connectivity index (χ0v) is 14.3. The lowest BCUT2D eigenvalue weighted by Crippen LogP contribution is -2.60. The summed E-state index contributed by atoms with van der Waals surface area (Å²) in [6.07, 6.45) is 8.12. The highest BCUT2D eigenvalue weighted by atomic mass is 35.5.